The van der Waals surface area contributed by atoms with E-state index in [1.807, 2.05) is 12.1 Å². The predicted molar refractivity (Wildman–Crippen MR) is 102 cm³/mol. The van der Waals surface area contributed by atoms with Gasteiger partial charge in [-0.2, -0.15) is 0 Å². The lowest BCUT2D eigenvalue weighted by Gasteiger charge is -2.14. The van der Waals surface area contributed by atoms with Crippen LogP contribution in [0.25, 0.3) is 0 Å². The van der Waals surface area contributed by atoms with E-state index in [0.717, 1.165) is 22.8 Å². The fourth-order valence-corrected chi connectivity index (χ4v) is 2.58. The first-order valence-electron chi connectivity index (χ1n) is 8.31. The maximum absolute atomic E-state index is 5.45. The molecule has 2 N–H and O–H groups in total. The Morgan fingerprint density at radius 2 is 1.76 bits per heavy atom. The molecular weight excluding hydrogens is 314 g/mol. The van der Waals surface area contributed by atoms with Gasteiger partial charge in [0.05, 0.1) is 13.7 Å². The molecule has 0 bridgehead atoms. The van der Waals surface area contributed by atoms with Gasteiger partial charge in [0, 0.05) is 32.8 Å². The summed E-state index contributed by atoms with van der Waals surface area (Å²) >= 11 is 0. The molecule has 0 unspecified atom stereocenters. The lowest BCUT2D eigenvalue weighted by atomic mass is 10.1. The lowest BCUT2D eigenvalue weighted by Crippen LogP contribution is -2.36. The Labute approximate surface area is 150 Å². The van der Waals surface area contributed by atoms with Crippen molar-refractivity contribution in [1.29, 1.82) is 0 Å². The minimum Gasteiger partial charge on any atom is -0.496 e. The van der Waals surface area contributed by atoms with E-state index in [-0.39, 0.29) is 0 Å². The zero-order chi connectivity index (χ0) is 18.1. The van der Waals surface area contributed by atoms with Gasteiger partial charge in [-0.1, -0.05) is 36.4 Å². The number of rotatable bonds is 7. The lowest BCUT2D eigenvalue weighted by molar-refractivity contribution is 0.185. The Hall–Kier alpha value is -2.53. The van der Waals surface area contributed by atoms with Gasteiger partial charge < -0.3 is 20.1 Å². The minimum atomic E-state index is 0.619. The van der Waals surface area contributed by atoms with Crippen molar-refractivity contribution < 1.29 is 9.47 Å². The summed E-state index contributed by atoms with van der Waals surface area (Å²) in [5.41, 5.74) is 4.62. The minimum absolute atomic E-state index is 0.619. The molecule has 25 heavy (non-hydrogen) atoms. The average Bonchev–Trinajstić information content (AvgIpc) is 2.63. The summed E-state index contributed by atoms with van der Waals surface area (Å²) in [6, 6.07) is 14.5. The quantitative estimate of drug-likeness (QED) is 0.600. The van der Waals surface area contributed by atoms with Crippen LogP contribution in [0.2, 0.25) is 0 Å². The van der Waals surface area contributed by atoms with Gasteiger partial charge in [-0.15, -0.1) is 0 Å². The Morgan fingerprint density at radius 1 is 1.00 bits per heavy atom. The van der Waals surface area contributed by atoms with Crippen LogP contribution in [-0.4, -0.2) is 27.2 Å². The zero-order valence-electron chi connectivity index (χ0n) is 15.4. The summed E-state index contributed by atoms with van der Waals surface area (Å²) in [6.45, 7) is 4.01. The van der Waals surface area contributed by atoms with E-state index in [2.05, 4.69) is 52.9 Å². The second-order valence-corrected chi connectivity index (χ2v) is 5.85. The maximum atomic E-state index is 5.45. The second-order valence-electron chi connectivity index (χ2n) is 5.85. The van der Waals surface area contributed by atoms with Crippen LogP contribution in [0.5, 0.6) is 5.75 Å². The fraction of sp³-hybridized carbons (Fsp3) is 0.350. The third-order valence-electron chi connectivity index (χ3n) is 3.87. The van der Waals surface area contributed by atoms with Crippen LogP contribution in [0, 0.1) is 6.92 Å². The van der Waals surface area contributed by atoms with Gasteiger partial charge in [0.25, 0.3) is 0 Å². The predicted octanol–water partition coefficient (Wildman–Crippen LogP) is 3.02. The first-order valence-corrected chi connectivity index (χ1v) is 8.31. The molecule has 2 rings (SSSR count). The van der Waals surface area contributed by atoms with Crippen molar-refractivity contribution in [3.8, 4) is 5.75 Å². The number of ether oxygens (including phenoxy) is 2. The van der Waals surface area contributed by atoms with E-state index in [4.69, 9.17) is 9.47 Å². The Balaban J connectivity index is 1.92. The van der Waals surface area contributed by atoms with Crippen molar-refractivity contribution >= 4 is 5.96 Å². The molecule has 0 amide bonds. The van der Waals surface area contributed by atoms with Gasteiger partial charge in [-0.25, -0.2) is 0 Å². The van der Waals surface area contributed by atoms with Gasteiger partial charge in [0.15, 0.2) is 5.96 Å². The normalized spacial score (nSPS) is 11.3. The van der Waals surface area contributed by atoms with E-state index in [1.165, 1.54) is 11.1 Å². The molecule has 0 aliphatic carbocycles. The molecule has 0 spiro atoms. The van der Waals surface area contributed by atoms with Gasteiger partial charge in [-0.3, -0.25) is 4.99 Å². The molecule has 0 radical (unpaired) electrons. The summed E-state index contributed by atoms with van der Waals surface area (Å²) in [5, 5.41) is 6.66. The van der Waals surface area contributed by atoms with E-state index < -0.39 is 0 Å². The summed E-state index contributed by atoms with van der Waals surface area (Å²) < 4.78 is 10.6. The first-order chi connectivity index (χ1) is 12.2. The number of aliphatic imine (C=N–C) groups is 1. The molecule has 0 heterocycles. The highest BCUT2D eigenvalue weighted by molar-refractivity contribution is 5.79. The molecular formula is C20H27N3O2. The third kappa shape index (κ3) is 5.80. The Kier molecular flexibility index (Phi) is 7.29. The monoisotopic (exact) mass is 341 g/mol. The van der Waals surface area contributed by atoms with Crippen molar-refractivity contribution in [2.75, 3.05) is 21.3 Å². The number of nitrogens with one attached hydrogen (secondary N) is 2. The standard InChI is InChI=1S/C20H27N3O2/c1-15-8-9-18(19(10-15)25-4)13-23-20(21-2)22-12-16-6-5-7-17(11-16)14-24-3/h5-11H,12-14H2,1-4H3,(H2,21,22,23). The molecule has 0 atom stereocenters. The molecule has 0 fully saturated rings. The molecule has 0 saturated carbocycles. The first kappa shape index (κ1) is 18.8. The Bertz CT molecular complexity index is 714. The van der Waals surface area contributed by atoms with Gasteiger partial charge >= 0.3 is 0 Å². The van der Waals surface area contributed by atoms with E-state index in [9.17, 15) is 0 Å². The molecule has 0 saturated heterocycles. The van der Waals surface area contributed by atoms with Crippen LogP contribution in [0.1, 0.15) is 22.3 Å². The van der Waals surface area contributed by atoms with Crippen LogP contribution in [0.15, 0.2) is 47.5 Å². The number of methoxy groups -OCH3 is 2. The fourth-order valence-electron chi connectivity index (χ4n) is 2.58. The molecule has 134 valence electrons. The van der Waals surface area contributed by atoms with Crippen LogP contribution in [-0.2, 0) is 24.4 Å². The van der Waals surface area contributed by atoms with Gasteiger partial charge in [-0.05, 0) is 29.7 Å². The molecule has 2 aromatic carbocycles. The van der Waals surface area contributed by atoms with E-state index >= 15 is 0 Å². The van der Waals surface area contributed by atoms with Crippen molar-refractivity contribution in [1.82, 2.24) is 10.6 Å². The van der Waals surface area contributed by atoms with Crippen LogP contribution < -0.4 is 15.4 Å². The number of benzene rings is 2. The van der Waals surface area contributed by atoms with Gasteiger partial charge in [0.2, 0.25) is 0 Å². The summed E-state index contributed by atoms with van der Waals surface area (Å²) in [4.78, 5) is 4.28. The highest BCUT2D eigenvalue weighted by Gasteiger charge is 2.05. The number of aryl methyl sites for hydroxylation is 1. The smallest absolute Gasteiger partial charge is 0.191 e. The van der Waals surface area contributed by atoms with Crippen LogP contribution >= 0.6 is 0 Å². The largest absolute Gasteiger partial charge is 0.496 e. The van der Waals surface area contributed by atoms with Crippen molar-refractivity contribution in [2.45, 2.75) is 26.6 Å². The van der Waals surface area contributed by atoms with E-state index in [1.54, 1.807) is 21.3 Å². The second kappa shape index (κ2) is 9.69. The molecule has 0 aromatic heterocycles. The highest BCUT2D eigenvalue weighted by Crippen LogP contribution is 2.19. The summed E-state index contributed by atoms with van der Waals surface area (Å²) in [6.07, 6.45) is 0. The average molecular weight is 341 g/mol. The molecule has 5 nitrogen and oxygen atoms in total. The van der Waals surface area contributed by atoms with Crippen LogP contribution in [0.4, 0.5) is 0 Å². The van der Waals surface area contributed by atoms with Crippen molar-refractivity contribution in [3.63, 3.8) is 0 Å². The number of nitrogens with zero attached hydrogens (tertiary/aromatic N) is 1. The Morgan fingerprint density at radius 3 is 2.48 bits per heavy atom. The number of hydrogen-bond donors (Lipinski definition) is 2. The molecule has 5 heteroatoms. The topological polar surface area (TPSA) is 54.9 Å². The maximum Gasteiger partial charge on any atom is 0.191 e. The number of hydrogen-bond acceptors (Lipinski definition) is 3. The third-order valence-corrected chi connectivity index (χ3v) is 3.87. The van der Waals surface area contributed by atoms with Crippen LogP contribution in [0.3, 0.4) is 0 Å². The van der Waals surface area contributed by atoms with Crippen molar-refractivity contribution in [2.24, 2.45) is 4.99 Å². The number of guanidine groups is 1. The van der Waals surface area contributed by atoms with Gasteiger partial charge in [0.1, 0.15) is 5.75 Å². The van der Waals surface area contributed by atoms with E-state index in [0.29, 0.717) is 19.7 Å². The zero-order valence-corrected chi connectivity index (χ0v) is 15.4. The highest BCUT2D eigenvalue weighted by atomic mass is 16.5. The summed E-state index contributed by atoms with van der Waals surface area (Å²) in [7, 11) is 5.16. The molecule has 2 aromatic rings. The molecule has 0 aliphatic heterocycles. The van der Waals surface area contributed by atoms with Crippen molar-refractivity contribution in [3.05, 3.63) is 64.7 Å². The summed E-state index contributed by atoms with van der Waals surface area (Å²) in [5.74, 6) is 1.63. The molecule has 0 aliphatic rings. The SMILES string of the molecule is CN=C(NCc1cccc(COC)c1)NCc1ccc(C)cc1OC.